The van der Waals surface area contributed by atoms with Gasteiger partial charge in [-0.1, -0.05) is 13.0 Å². The Morgan fingerprint density at radius 3 is 2.75 bits per heavy atom. The summed E-state index contributed by atoms with van der Waals surface area (Å²) in [5.74, 6) is 1.59. The van der Waals surface area contributed by atoms with E-state index in [2.05, 4.69) is 26.0 Å². The van der Waals surface area contributed by atoms with Gasteiger partial charge in [-0.3, -0.25) is 0 Å². The minimum Gasteiger partial charge on any atom is -0.494 e. The summed E-state index contributed by atoms with van der Waals surface area (Å²) in [6, 6.07) is 4.21. The molecule has 0 fully saturated rings. The highest BCUT2D eigenvalue weighted by Crippen LogP contribution is 2.46. The molecular weight excluding hydrogens is 220 g/mol. The second-order valence-electron chi connectivity index (χ2n) is 4.59. The Bertz CT molecular complexity index is 387. The van der Waals surface area contributed by atoms with E-state index in [0.717, 1.165) is 25.2 Å². The van der Waals surface area contributed by atoms with Crippen LogP contribution in [-0.2, 0) is 0 Å². The summed E-state index contributed by atoms with van der Waals surface area (Å²) in [5, 5.41) is 0.159. The highest BCUT2D eigenvalue weighted by Gasteiger charge is 2.27. The Labute approximate surface area is 103 Å². The van der Waals surface area contributed by atoms with Crippen molar-refractivity contribution in [2.24, 2.45) is 0 Å². The zero-order chi connectivity index (χ0) is 11.7. The smallest absolute Gasteiger partial charge is 0.123 e. The molecule has 2 atom stereocenters. The van der Waals surface area contributed by atoms with Crippen molar-refractivity contribution < 1.29 is 4.74 Å². The molecule has 0 heterocycles. The average Bonchev–Trinajstić information content (AvgIpc) is 2.26. The van der Waals surface area contributed by atoms with E-state index in [9.17, 15) is 0 Å². The standard InChI is InChI=1S/C14H19ClO/c1-4-16-12-8-6-9(2)13-11(15)7-5-10(3)14(12)13/h6,8,10-11H,4-5,7H2,1-3H3. The lowest BCUT2D eigenvalue weighted by molar-refractivity contribution is 0.331. The molecule has 1 aliphatic carbocycles. The zero-order valence-electron chi connectivity index (χ0n) is 10.2. The molecule has 0 bridgehead atoms. The van der Waals surface area contributed by atoms with Crippen LogP contribution in [0, 0.1) is 6.92 Å². The normalized spacial score (nSPS) is 24.0. The summed E-state index contributed by atoms with van der Waals surface area (Å²) in [7, 11) is 0. The molecule has 0 spiro atoms. The summed E-state index contributed by atoms with van der Waals surface area (Å²) in [5.41, 5.74) is 3.95. The highest BCUT2D eigenvalue weighted by molar-refractivity contribution is 6.21. The molecule has 0 amide bonds. The van der Waals surface area contributed by atoms with Crippen LogP contribution in [0.2, 0.25) is 0 Å². The van der Waals surface area contributed by atoms with Crippen molar-refractivity contribution in [3.05, 3.63) is 28.8 Å². The summed E-state index contributed by atoms with van der Waals surface area (Å²) in [6.45, 7) is 7.15. The van der Waals surface area contributed by atoms with Crippen LogP contribution >= 0.6 is 11.6 Å². The third kappa shape index (κ3) is 1.93. The minimum atomic E-state index is 0.159. The van der Waals surface area contributed by atoms with Gasteiger partial charge in [0.15, 0.2) is 0 Å². The van der Waals surface area contributed by atoms with Crippen LogP contribution in [0.25, 0.3) is 0 Å². The Hall–Kier alpha value is -0.690. The molecule has 88 valence electrons. The Morgan fingerprint density at radius 1 is 1.31 bits per heavy atom. The van der Waals surface area contributed by atoms with Gasteiger partial charge >= 0.3 is 0 Å². The number of alkyl halides is 1. The second kappa shape index (κ2) is 4.67. The predicted octanol–water partition coefficient (Wildman–Crippen LogP) is 4.57. The third-order valence-corrected chi connectivity index (χ3v) is 3.86. The fraction of sp³-hybridized carbons (Fsp3) is 0.571. The van der Waals surface area contributed by atoms with Gasteiger partial charge < -0.3 is 4.74 Å². The van der Waals surface area contributed by atoms with Crippen molar-refractivity contribution in [1.29, 1.82) is 0 Å². The van der Waals surface area contributed by atoms with Crippen molar-refractivity contribution in [2.45, 2.75) is 44.9 Å². The molecule has 2 rings (SSSR count). The molecule has 0 aromatic heterocycles. The van der Waals surface area contributed by atoms with E-state index in [1.54, 1.807) is 0 Å². The van der Waals surface area contributed by atoms with Crippen LogP contribution in [0.3, 0.4) is 0 Å². The number of fused-ring (bicyclic) bond motifs is 1. The fourth-order valence-electron chi connectivity index (χ4n) is 2.62. The lowest BCUT2D eigenvalue weighted by Crippen LogP contribution is -2.13. The molecule has 1 aliphatic rings. The maximum absolute atomic E-state index is 6.43. The number of rotatable bonds is 2. The zero-order valence-corrected chi connectivity index (χ0v) is 11.0. The van der Waals surface area contributed by atoms with Gasteiger partial charge in [0.25, 0.3) is 0 Å². The van der Waals surface area contributed by atoms with Gasteiger partial charge in [-0.05, 0) is 49.8 Å². The highest BCUT2D eigenvalue weighted by atomic mass is 35.5. The summed E-state index contributed by atoms with van der Waals surface area (Å²) in [6.07, 6.45) is 2.23. The van der Waals surface area contributed by atoms with Crippen molar-refractivity contribution in [2.75, 3.05) is 6.61 Å². The first-order valence-corrected chi connectivity index (χ1v) is 6.49. The van der Waals surface area contributed by atoms with Crippen LogP contribution in [0.5, 0.6) is 5.75 Å². The van der Waals surface area contributed by atoms with Gasteiger partial charge in [-0.25, -0.2) is 0 Å². The molecule has 2 heteroatoms. The lowest BCUT2D eigenvalue weighted by atomic mass is 9.81. The molecule has 0 saturated heterocycles. The van der Waals surface area contributed by atoms with Gasteiger partial charge in [0, 0.05) is 5.56 Å². The number of hydrogen-bond donors (Lipinski definition) is 0. The van der Waals surface area contributed by atoms with E-state index in [0.29, 0.717) is 5.92 Å². The van der Waals surface area contributed by atoms with Crippen LogP contribution in [0.4, 0.5) is 0 Å². The largest absolute Gasteiger partial charge is 0.494 e. The van der Waals surface area contributed by atoms with E-state index in [4.69, 9.17) is 16.3 Å². The van der Waals surface area contributed by atoms with Crippen LogP contribution < -0.4 is 4.74 Å². The molecule has 2 unspecified atom stereocenters. The summed E-state index contributed by atoms with van der Waals surface area (Å²) >= 11 is 6.43. The average molecular weight is 239 g/mol. The molecule has 0 radical (unpaired) electrons. The van der Waals surface area contributed by atoms with E-state index in [-0.39, 0.29) is 5.38 Å². The van der Waals surface area contributed by atoms with E-state index in [1.165, 1.54) is 16.7 Å². The monoisotopic (exact) mass is 238 g/mol. The first kappa shape index (κ1) is 11.8. The van der Waals surface area contributed by atoms with E-state index >= 15 is 0 Å². The number of hydrogen-bond acceptors (Lipinski definition) is 1. The van der Waals surface area contributed by atoms with Gasteiger partial charge in [0.2, 0.25) is 0 Å². The van der Waals surface area contributed by atoms with Crippen molar-refractivity contribution in [3.63, 3.8) is 0 Å². The SMILES string of the molecule is CCOc1ccc(C)c2c1C(C)CCC2Cl. The Balaban J connectivity index is 2.55. The quantitative estimate of drug-likeness (QED) is 0.686. The Morgan fingerprint density at radius 2 is 2.06 bits per heavy atom. The molecule has 0 saturated carbocycles. The first-order chi connectivity index (χ1) is 7.65. The van der Waals surface area contributed by atoms with Crippen LogP contribution in [0.15, 0.2) is 12.1 Å². The van der Waals surface area contributed by atoms with Gasteiger partial charge in [-0.2, -0.15) is 0 Å². The molecule has 1 nitrogen and oxygen atoms in total. The maximum Gasteiger partial charge on any atom is 0.123 e. The number of benzene rings is 1. The van der Waals surface area contributed by atoms with Crippen molar-refractivity contribution >= 4 is 11.6 Å². The third-order valence-electron chi connectivity index (χ3n) is 3.42. The number of ether oxygens (including phenoxy) is 1. The van der Waals surface area contributed by atoms with E-state index < -0.39 is 0 Å². The summed E-state index contributed by atoms with van der Waals surface area (Å²) in [4.78, 5) is 0. The molecular formula is C14H19ClO. The Kier molecular flexibility index (Phi) is 3.44. The first-order valence-electron chi connectivity index (χ1n) is 6.05. The summed E-state index contributed by atoms with van der Waals surface area (Å²) < 4.78 is 5.72. The van der Waals surface area contributed by atoms with Gasteiger partial charge in [0.1, 0.15) is 5.75 Å². The van der Waals surface area contributed by atoms with Crippen LogP contribution in [0.1, 0.15) is 54.7 Å². The van der Waals surface area contributed by atoms with Gasteiger partial charge in [-0.15, -0.1) is 11.6 Å². The topological polar surface area (TPSA) is 9.23 Å². The van der Waals surface area contributed by atoms with Gasteiger partial charge in [0.05, 0.1) is 12.0 Å². The number of aryl methyl sites for hydroxylation is 1. The molecule has 16 heavy (non-hydrogen) atoms. The second-order valence-corrected chi connectivity index (χ2v) is 5.11. The van der Waals surface area contributed by atoms with E-state index in [1.807, 2.05) is 6.92 Å². The minimum absolute atomic E-state index is 0.159. The predicted molar refractivity (Wildman–Crippen MR) is 68.6 cm³/mol. The molecule has 0 N–H and O–H groups in total. The fourth-order valence-corrected chi connectivity index (χ4v) is 3.03. The molecule has 1 aromatic carbocycles. The molecule has 0 aliphatic heterocycles. The lowest BCUT2D eigenvalue weighted by Gasteiger charge is -2.29. The van der Waals surface area contributed by atoms with Crippen molar-refractivity contribution in [1.82, 2.24) is 0 Å². The molecule has 1 aromatic rings. The van der Waals surface area contributed by atoms with Crippen LogP contribution in [-0.4, -0.2) is 6.61 Å². The number of halogens is 1. The van der Waals surface area contributed by atoms with Crippen molar-refractivity contribution in [3.8, 4) is 5.75 Å². The maximum atomic E-state index is 6.43.